The van der Waals surface area contributed by atoms with Gasteiger partial charge in [0.1, 0.15) is 0 Å². The van der Waals surface area contributed by atoms with Crippen molar-refractivity contribution in [1.29, 1.82) is 0 Å². The van der Waals surface area contributed by atoms with Gasteiger partial charge in [-0.1, -0.05) is 109 Å². The monoisotopic (exact) mass is 607 g/mol. The molecule has 47 heavy (non-hydrogen) atoms. The van der Waals surface area contributed by atoms with Crippen LogP contribution in [-0.4, -0.2) is 16.0 Å². The third-order valence-electron chi connectivity index (χ3n) is 9.81. The Morgan fingerprint density at radius 1 is 0.638 bits per heavy atom. The van der Waals surface area contributed by atoms with Crippen LogP contribution in [0.25, 0.3) is 38.9 Å². The molecular weight excluding hydrogens is 578 g/mol. The molecule has 0 saturated heterocycles. The quantitative estimate of drug-likeness (QED) is 0.200. The number of anilines is 2. The van der Waals surface area contributed by atoms with E-state index < -0.39 is 0 Å². The van der Waals surface area contributed by atoms with Crippen LogP contribution in [0.1, 0.15) is 18.4 Å². The van der Waals surface area contributed by atoms with Crippen LogP contribution >= 0.6 is 0 Å². The molecule has 5 heteroatoms. The number of nitrogens with zero attached hydrogens (tertiary/aromatic N) is 3. The van der Waals surface area contributed by atoms with E-state index in [1.54, 1.807) is 0 Å². The first-order valence-corrected chi connectivity index (χ1v) is 16.2. The first kappa shape index (κ1) is 26.3. The Bertz CT molecular complexity index is 2320. The number of aromatic nitrogens is 2. The summed E-state index contributed by atoms with van der Waals surface area (Å²) in [5.41, 5.74) is 10.1. The molecule has 0 spiro atoms. The van der Waals surface area contributed by atoms with Crippen LogP contribution in [0.3, 0.4) is 0 Å². The van der Waals surface area contributed by atoms with Gasteiger partial charge in [0.25, 0.3) is 0 Å². The summed E-state index contributed by atoms with van der Waals surface area (Å²) in [6.45, 7) is 0. The fourth-order valence-electron chi connectivity index (χ4n) is 7.59. The zero-order valence-electron chi connectivity index (χ0n) is 25.5. The van der Waals surface area contributed by atoms with Gasteiger partial charge in [0, 0.05) is 28.5 Å². The number of allylic oxidation sites excluding steroid dienone is 4. The lowest BCUT2D eigenvalue weighted by Crippen LogP contribution is -2.38. The fourth-order valence-corrected chi connectivity index (χ4v) is 7.59. The molecule has 1 aromatic heterocycles. The van der Waals surface area contributed by atoms with Gasteiger partial charge in [-0.25, -0.2) is 9.97 Å². The minimum Gasteiger partial charge on any atom is -0.449 e. The molecule has 6 aromatic rings. The molecule has 224 valence electrons. The second-order valence-corrected chi connectivity index (χ2v) is 12.5. The first-order chi connectivity index (χ1) is 23.3. The summed E-state index contributed by atoms with van der Waals surface area (Å²) in [4.78, 5) is 13.0. The van der Waals surface area contributed by atoms with Crippen LogP contribution in [0.2, 0.25) is 0 Å². The van der Waals surface area contributed by atoms with Crippen LogP contribution in [0.15, 0.2) is 145 Å². The number of benzene rings is 5. The van der Waals surface area contributed by atoms with Crippen molar-refractivity contribution in [3.63, 3.8) is 0 Å². The molecule has 0 amide bonds. The summed E-state index contributed by atoms with van der Waals surface area (Å²) >= 11 is 0. The number of fused-ring (bicyclic) bond motifs is 8. The van der Waals surface area contributed by atoms with Crippen molar-refractivity contribution in [2.45, 2.75) is 18.9 Å². The molecule has 0 saturated carbocycles. The Hall–Kier alpha value is -5.94. The van der Waals surface area contributed by atoms with E-state index in [0.717, 1.165) is 57.8 Å². The van der Waals surface area contributed by atoms with Crippen molar-refractivity contribution in [2.75, 3.05) is 4.90 Å². The van der Waals surface area contributed by atoms with E-state index >= 15 is 0 Å². The third kappa shape index (κ3) is 4.16. The Labute approximate surface area is 272 Å². The molecule has 10 rings (SSSR count). The number of hydrogen-bond acceptors (Lipinski definition) is 5. The van der Waals surface area contributed by atoms with E-state index in [-0.39, 0.29) is 6.04 Å². The van der Waals surface area contributed by atoms with Crippen molar-refractivity contribution < 1.29 is 9.47 Å². The van der Waals surface area contributed by atoms with Gasteiger partial charge in [-0.15, -0.1) is 0 Å². The maximum atomic E-state index is 6.42. The van der Waals surface area contributed by atoms with E-state index in [4.69, 9.17) is 19.4 Å². The molecule has 5 nitrogen and oxygen atoms in total. The standard InChI is InChI=1S/C42H29N3O2/c1-2-10-26(11-3-1)27-18-20-29(21-19-27)40-32-14-6-7-15-34(32)43-42(44-40)45-35-25-39-38(46-36-16-8-9-17-37(36)47-39)24-33(35)31-23-22-28-12-4-5-13-30(28)41(31)45/h1-4,6-12,14-25,30,41H,5,13H2. The summed E-state index contributed by atoms with van der Waals surface area (Å²) < 4.78 is 12.8. The van der Waals surface area contributed by atoms with Gasteiger partial charge in [-0.2, -0.15) is 0 Å². The SMILES string of the molecule is C1=CC2=CC=C3c4cc5c(cc4N(c4nc(-c6ccc(-c7ccccc7)cc6)c6ccccc6n4)C3C2CC1)Oc1ccccc1O5. The summed E-state index contributed by atoms with van der Waals surface area (Å²) in [6, 6.07) is 39.6. The van der Waals surface area contributed by atoms with E-state index in [9.17, 15) is 0 Å². The predicted octanol–water partition coefficient (Wildman–Crippen LogP) is 10.7. The molecule has 2 unspecified atom stereocenters. The fraction of sp³-hybridized carbons (Fsp3) is 0.0952. The van der Waals surface area contributed by atoms with E-state index in [0.29, 0.717) is 23.4 Å². The van der Waals surface area contributed by atoms with Crippen LogP contribution in [0.5, 0.6) is 23.0 Å². The van der Waals surface area contributed by atoms with Crippen molar-refractivity contribution in [3.8, 4) is 45.4 Å². The third-order valence-corrected chi connectivity index (χ3v) is 9.81. The molecule has 4 aliphatic rings. The molecule has 0 fully saturated rings. The average Bonchev–Trinajstić information content (AvgIpc) is 3.46. The first-order valence-electron chi connectivity index (χ1n) is 16.2. The highest BCUT2D eigenvalue weighted by Crippen LogP contribution is 2.56. The Morgan fingerprint density at radius 2 is 1.34 bits per heavy atom. The van der Waals surface area contributed by atoms with Gasteiger partial charge in [-0.05, 0) is 59.4 Å². The van der Waals surface area contributed by atoms with Gasteiger partial charge in [0.05, 0.1) is 22.9 Å². The molecule has 2 aliphatic carbocycles. The molecule has 2 atom stereocenters. The summed E-state index contributed by atoms with van der Waals surface area (Å²) in [5, 5.41) is 1.03. The molecule has 0 radical (unpaired) electrons. The van der Waals surface area contributed by atoms with Crippen LogP contribution in [0.4, 0.5) is 11.6 Å². The second-order valence-electron chi connectivity index (χ2n) is 12.5. The van der Waals surface area contributed by atoms with Gasteiger partial charge in [-0.3, -0.25) is 0 Å². The van der Waals surface area contributed by atoms with Gasteiger partial charge >= 0.3 is 0 Å². The van der Waals surface area contributed by atoms with Crippen molar-refractivity contribution in [2.24, 2.45) is 5.92 Å². The lowest BCUT2D eigenvalue weighted by molar-refractivity contribution is 0.359. The zero-order valence-corrected chi connectivity index (χ0v) is 25.5. The minimum absolute atomic E-state index is 0.0515. The molecule has 5 aromatic carbocycles. The van der Waals surface area contributed by atoms with Gasteiger partial charge in [0.2, 0.25) is 5.95 Å². The highest BCUT2D eigenvalue weighted by Gasteiger charge is 2.45. The molecule has 0 bridgehead atoms. The number of ether oxygens (including phenoxy) is 2. The lowest BCUT2D eigenvalue weighted by Gasteiger charge is -2.37. The molecular formula is C42H29N3O2. The van der Waals surface area contributed by atoms with Gasteiger partial charge < -0.3 is 14.4 Å². The zero-order chi connectivity index (χ0) is 30.9. The number of para-hydroxylation sites is 3. The Morgan fingerprint density at radius 3 is 2.17 bits per heavy atom. The molecule has 0 N–H and O–H groups in total. The topological polar surface area (TPSA) is 47.5 Å². The highest BCUT2D eigenvalue weighted by molar-refractivity contribution is 5.98. The predicted molar refractivity (Wildman–Crippen MR) is 187 cm³/mol. The smallest absolute Gasteiger partial charge is 0.231 e. The average molecular weight is 608 g/mol. The van der Waals surface area contributed by atoms with Crippen LogP contribution < -0.4 is 14.4 Å². The largest absolute Gasteiger partial charge is 0.449 e. The van der Waals surface area contributed by atoms with Crippen molar-refractivity contribution in [1.82, 2.24) is 9.97 Å². The highest BCUT2D eigenvalue weighted by atomic mass is 16.6. The summed E-state index contributed by atoms with van der Waals surface area (Å²) in [7, 11) is 0. The summed E-state index contributed by atoms with van der Waals surface area (Å²) in [6.07, 6.45) is 11.2. The number of rotatable bonds is 3. The Kier molecular flexibility index (Phi) is 5.76. The molecule has 3 heterocycles. The Balaban J connectivity index is 1.16. The van der Waals surface area contributed by atoms with Gasteiger partial charge in [0.15, 0.2) is 23.0 Å². The van der Waals surface area contributed by atoms with Crippen LogP contribution in [0, 0.1) is 5.92 Å². The normalized spacial score (nSPS) is 18.5. The maximum Gasteiger partial charge on any atom is 0.231 e. The van der Waals surface area contributed by atoms with Crippen molar-refractivity contribution in [3.05, 3.63) is 151 Å². The maximum absolute atomic E-state index is 6.42. The van der Waals surface area contributed by atoms with E-state index in [2.05, 4.69) is 114 Å². The second kappa shape index (κ2) is 10.3. The van der Waals surface area contributed by atoms with E-state index in [1.165, 1.54) is 22.3 Å². The van der Waals surface area contributed by atoms with Crippen LogP contribution in [-0.2, 0) is 0 Å². The minimum atomic E-state index is 0.0515. The molecule has 2 aliphatic heterocycles. The van der Waals surface area contributed by atoms with E-state index in [1.807, 2.05) is 30.3 Å². The van der Waals surface area contributed by atoms with Crippen molar-refractivity contribution >= 4 is 28.1 Å². The number of hydrogen-bond donors (Lipinski definition) is 0. The lowest BCUT2D eigenvalue weighted by atomic mass is 9.76. The summed E-state index contributed by atoms with van der Waals surface area (Å²) in [5.74, 6) is 3.86.